The van der Waals surface area contributed by atoms with Crippen LogP contribution in [0, 0.1) is 33.6 Å². The minimum atomic E-state index is -3.66. The van der Waals surface area contributed by atoms with Gasteiger partial charge in [-0.2, -0.15) is 4.31 Å². The highest BCUT2D eigenvalue weighted by atomic mass is 32.2. The Balaban J connectivity index is 2.30. The van der Waals surface area contributed by atoms with Crippen molar-refractivity contribution in [2.45, 2.75) is 51.7 Å². The van der Waals surface area contributed by atoms with Crippen LogP contribution in [-0.4, -0.2) is 45.2 Å². The van der Waals surface area contributed by atoms with E-state index in [-0.39, 0.29) is 24.8 Å². The molecule has 2 rings (SSSR count). The highest BCUT2D eigenvalue weighted by Gasteiger charge is 2.44. The maximum Gasteiger partial charge on any atom is 0.243 e. The molecule has 0 amide bonds. The number of hydrogen-bond donors (Lipinski definition) is 0. The zero-order valence-corrected chi connectivity index (χ0v) is 16.9. The fourth-order valence-corrected chi connectivity index (χ4v) is 7.43. The van der Waals surface area contributed by atoms with Gasteiger partial charge in [0.2, 0.25) is 10.0 Å². The molecular formula is C17H27NO4S2. The van der Waals surface area contributed by atoms with Gasteiger partial charge in [-0.05, 0) is 55.9 Å². The van der Waals surface area contributed by atoms with Gasteiger partial charge < -0.3 is 0 Å². The second-order valence-electron chi connectivity index (χ2n) is 7.26. The van der Waals surface area contributed by atoms with Crippen molar-refractivity contribution < 1.29 is 16.8 Å². The predicted octanol–water partition coefficient (Wildman–Crippen LogP) is 2.36. The lowest BCUT2D eigenvalue weighted by Crippen LogP contribution is -2.57. The Morgan fingerprint density at radius 2 is 1.46 bits per heavy atom. The lowest BCUT2D eigenvalue weighted by molar-refractivity contribution is 0.308. The molecule has 0 atom stereocenters. The van der Waals surface area contributed by atoms with Gasteiger partial charge in [-0.25, -0.2) is 16.8 Å². The van der Waals surface area contributed by atoms with Gasteiger partial charge in [0.1, 0.15) is 0 Å². The summed E-state index contributed by atoms with van der Waals surface area (Å²) in [6, 6.07) is 1.98. The van der Waals surface area contributed by atoms with Crippen molar-refractivity contribution >= 4 is 19.9 Å². The first-order chi connectivity index (χ1) is 10.9. The van der Waals surface area contributed by atoms with Crippen molar-refractivity contribution in [3.05, 3.63) is 28.3 Å². The van der Waals surface area contributed by atoms with Gasteiger partial charge in [-0.15, -0.1) is 0 Å². The van der Waals surface area contributed by atoms with E-state index in [2.05, 4.69) is 0 Å². The summed E-state index contributed by atoms with van der Waals surface area (Å²) >= 11 is 0. The van der Waals surface area contributed by atoms with E-state index in [1.54, 1.807) is 13.8 Å². The van der Waals surface area contributed by atoms with E-state index < -0.39 is 25.1 Å². The van der Waals surface area contributed by atoms with E-state index in [9.17, 15) is 16.8 Å². The number of sulfonamides is 1. The maximum atomic E-state index is 13.0. The number of benzene rings is 1. The monoisotopic (exact) mass is 373 g/mol. The second-order valence-corrected chi connectivity index (χ2v) is 11.5. The van der Waals surface area contributed by atoms with E-state index in [0.717, 1.165) is 22.3 Å². The SMILES string of the molecule is Cc1cc(C)c(C)c(S(=O)(=O)N2CC(S(=O)(=O)CC(C)C)C2)c1C. The fourth-order valence-electron chi connectivity index (χ4n) is 3.12. The Morgan fingerprint density at radius 3 is 1.88 bits per heavy atom. The number of nitrogens with zero attached hydrogens (tertiary/aromatic N) is 1. The third-order valence-corrected chi connectivity index (χ3v) is 9.33. The van der Waals surface area contributed by atoms with E-state index in [4.69, 9.17) is 0 Å². The molecule has 1 fully saturated rings. The summed E-state index contributed by atoms with van der Waals surface area (Å²) in [5, 5.41) is -0.582. The third-order valence-electron chi connectivity index (χ3n) is 4.78. The summed E-state index contributed by atoms with van der Waals surface area (Å²) in [6.45, 7) is 11.2. The molecule has 1 heterocycles. The molecule has 1 saturated heterocycles. The van der Waals surface area contributed by atoms with E-state index in [1.165, 1.54) is 4.31 Å². The Labute approximate surface area is 146 Å². The highest BCUT2D eigenvalue weighted by molar-refractivity contribution is 7.92. The molecule has 0 bridgehead atoms. The third kappa shape index (κ3) is 3.39. The summed E-state index contributed by atoms with van der Waals surface area (Å²) in [5.74, 6) is 0.150. The standard InChI is InChI=1S/C17H27NO4S2/c1-11(2)10-23(19,20)16-8-18(9-16)24(21,22)17-14(5)12(3)7-13(4)15(17)6/h7,11,16H,8-10H2,1-6H3. The first-order valence-electron chi connectivity index (χ1n) is 8.17. The van der Waals surface area contributed by atoms with Gasteiger partial charge in [-0.3, -0.25) is 0 Å². The Bertz CT molecular complexity index is 823. The average Bonchev–Trinajstić information content (AvgIpc) is 2.31. The zero-order chi connectivity index (χ0) is 18.4. The molecule has 1 aliphatic rings. The van der Waals surface area contributed by atoms with E-state index in [0.29, 0.717) is 4.90 Å². The molecule has 136 valence electrons. The second kappa shape index (κ2) is 6.42. The van der Waals surface area contributed by atoms with Gasteiger partial charge in [0.05, 0.1) is 15.9 Å². The van der Waals surface area contributed by atoms with Crippen molar-refractivity contribution in [1.29, 1.82) is 0 Å². The van der Waals surface area contributed by atoms with Crippen LogP contribution in [0.15, 0.2) is 11.0 Å². The minimum Gasteiger partial charge on any atom is -0.228 e. The van der Waals surface area contributed by atoms with Crippen LogP contribution in [0.4, 0.5) is 0 Å². The summed E-state index contributed by atoms with van der Waals surface area (Å²) in [6.07, 6.45) is 0. The topological polar surface area (TPSA) is 71.5 Å². The summed E-state index contributed by atoms with van der Waals surface area (Å²) < 4.78 is 51.8. The largest absolute Gasteiger partial charge is 0.243 e. The molecule has 0 radical (unpaired) electrons. The smallest absolute Gasteiger partial charge is 0.228 e. The Kier molecular flexibility index (Phi) is 5.19. The number of rotatable bonds is 5. The Hall–Kier alpha value is -0.920. The average molecular weight is 374 g/mol. The highest BCUT2D eigenvalue weighted by Crippen LogP contribution is 2.32. The minimum absolute atomic E-state index is 0.0459. The van der Waals surface area contributed by atoms with Gasteiger partial charge in [0, 0.05) is 13.1 Å². The lowest BCUT2D eigenvalue weighted by Gasteiger charge is -2.38. The molecule has 0 aliphatic carbocycles. The molecule has 7 heteroatoms. The predicted molar refractivity (Wildman–Crippen MR) is 96.6 cm³/mol. The number of aryl methyl sites for hydroxylation is 2. The summed E-state index contributed by atoms with van der Waals surface area (Å²) in [5.41, 5.74) is 3.35. The van der Waals surface area contributed by atoms with Crippen molar-refractivity contribution in [2.75, 3.05) is 18.8 Å². The van der Waals surface area contributed by atoms with E-state index >= 15 is 0 Å². The van der Waals surface area contributed by atoms with Crippen LogP contribution in [0.1, 0.15) is 36.1 Å². The molecule has 1 aliphatic heterocycles. The van der Waals surface area contributed by atoms with Crippen LogP contribution in [0.3, 0.4) is 0 Å². The molecule has 24 heavy (non-hydrogen) atoms. The molecule has 0 aromatic heterocycles. The number of sulfone groups is 1. The fraction of sp³-hybridized carbons (Fsp3) is 0.647. The van der Waals surface area contributed by atoms with Crippen LogP contribution >= 0.6 is 0 Å². The normalized spacial score (nSPS) is 17.3. The molecular weight excluding hydrogens is 346 g/mol. The zero-order valence-electron chi connectivity index (χ0n) is 15.3. The first-order valence-corrected chi connectivity index (χ1v) is 11.3. The Morgan fingerprint density at radius 1 is 1.00 bits per heavy atom. The molecule has 1 aromatic rings. The lowest BCUT2D eigenvalue weighted by atomic mass is 10.0. The first kappa shape index (κ1) is 19.4. The quantitative estimate of drug-likeness (QED) is 0.794. The molecule has 5 nitrogen and oxygen atoms in total. The molecule has 0 N–H and O–H groups in total. The van der Waals surface area contributed by atoms with Crippen LogP contribution < -0.4 is 0 Å². The molecule has 0 saturated carbocycles. The molecule has 0 unspecified atom stereocenters. The summed E-state index contributed by atoms with van der Waals surface area (Å²) in [7, 11) is -6.90. The van der Waals surface area contributed by atoms with Crippen molar-refractivity contribution in [1.82, 2.24) is 4.31 Å². The maximum absolute atomic E-state index is 13.0. The van der Waals surface area contributed by atoms with Crippen molar-refractivity contribution in [3.8, 4) is 0 Å². The summed E-state index contributed by atoms with van der Waals surface area (Å²) in [4.78, 5) is 0.333. The van der Waals surface area contributed by atoms with Crippen LogP contribution in [0.2, 0.25) is 0 Å². The van der Waals surface area contributed by atoms with Gasteiger partial charge >= 0.3 is 0 Å². The van der Waals surface area contributed by atoms with Gasteiger partial charge in [-0.1, -0.05) is 19.9 Å². The van der Waals surface area contributed by atoms with Gasteiger partial charge in [0.25, 0.3) is 0 Å². The van der Waals surface area contributed by atoms with Crippen LogP contribution in [0.5, 0.6) is 0 Å². The van der Waals surface area contributed by atoms with Crippen molar-refractivity contribution in [2.24, 2.45) is 5.92 Å². The van der Waals surface area contributed by atoms with Crippen LogP contribution in [-0.2, 0) is 19.9 Å². The van der Waals surface area contributed by atoms with Crippen molar-refractivity contribution in [3.63, 3.8) is 0 Å². The molecule has 0 spiro atoms. The van der Waals surface area contributed by atoms with Crippen LogP contribution in [0.25, 0.3) is 0 Å². The van der Waals surface area contributed by atoms with Gasteiger partial charge in [0.15, 0.2) is 9.84 Å². The molecule has 1 aromatic carbocycles. The van der Waals surface area contributed by atoms with E-state index in [1.807, 2.05) is 33.8 Å². The number of hydrogen-bond acceptors (Lipinski definition) is 4.